The van der Waals surface area contributed by atoms with Crippen molar-refractivity contribution >= 4 is 17.5 Å². The Bertz CT molecular complexity index is 404. The average Bonchev–Trinajstić information content (AvgIpc) is 2.32. The van der Waals surface area contributed by atoms with Crippen molar-refractivity contribution in [1.82, 2.24) is 4.90 Å². The highest BCUT2D eigenvalue weighted by molar-refractivity contribution is 6.31. The number of hydrogen-bond acceptors (Lipinski definition) is 1. The van der Waals surface area contributed by atoms with Gasteiger partial charge in [0, 0.05) is 18.1 Å². The Morgan fingerprint density at radius 3 is 2.35 bits per heavy atom. The van der Waals surface area contributed by atoms with E-state index in [9.17, 15) is 4.79 Å². The number of nitrogens with zero attached hydrogens (tertiary/aromatic N) is 1. The van der Waals surface area contributed by atoms with Crippen molar-refractivity contribution in [2.75, 3.05) is 13.1 Å². The zero-order valence-electron chi connectivity index (χ0n) is 9.73. The highest BCUT2D eigenvalue weighted by atomic mass is 35.5. The van der Waals surface area contributed by atoms with E-state index in [1.165, 1.54) is 0 Å². The van der Waals surface area contributed by atoms with Crippen LogP contribution in [0, 0.1) is 0 Å². The maximum atomic E-state index is 12.0. The van der Waals surface area contributed by atoms with Crippen LogP contribution in [0.15, 0.2) is 49.6 Å². The van der Waals surface area contributed by atoms with Crippen molar-refractivity contribution < 1.29 is 4.79 Å². The van der Waals surface area contributed by atoms with Gasteiger partial charge >= 0.3 is 0 Å². The van der Waals surface area contributed by atoms with Gasteiger partial charge in [-0.15, -0.1) is 13.2 Å². The van der Waals surface area contributed by atoms with Gasteiger partial charge in [-0.05, 0) is 11.6 Å². The fourth-order valence-electron chi connectivity index (χ4n) is 1.51. The molecule has 0 aromatic heterocycles. The molecule has 0 aliphatic carbocycles. The summed E-state index contributed by atoms with van der Waals surface area (Å²) in [5, 5.41) is 0.623. The number of hydrogen-bond donors (Lipinski definition) is 0. The highest BCUT2D eigenvalue weighted by Gasteiger charge is 2.12. The first-order chi connectivity index (χ1) is 8.19. The smallest absolute Gasteiger partial charge is 0.227 e. The molecule has 0 fully saturated rings. The van der Waals surface area contributed by atoms with E-state index in [1.54, 1.807) is 23.1 Å². The highest BCUT2D eigenvalue weighted by Crippen LogP contribution is 2.16. The predicted octanol–water partition coefficient (Wildman–Crippen LogP) is 3.08. The van der Waals surface area contributed by atoms with Crippen molar-refractivity contribution in [3.8, 4) is 0 Å². The average molecular weight is 250 g/mol. The molecule has 0 saturated carbocycles. The monoisotopic (exact) mass is 249 g/mol. The Morgan fingerprint density at radius 2 is 1.82 bits per heavy atom. The normalized spacial score (nSPS) is 9.71. The Labute approximate surface area is 107 Å². The Morgan fingerprint density at radius 1 is 1.24 bits per heavy atom. The maximum absolute atomic E-state index is 12.0. The van der Waals surface area contributed by atoms with Crippen LogP contribution in [0.5, 0.6) is 0 Å². The second kappa shape index (κ2) is 6.92. The third-order valence-electron chi connectivity index (χ3n) is 2.35. The zero-order chi connectivity index (χ0) is 12.7. The van der Waals surface area contributed by atoms with Crippen molar-refractivity contribution in [3.05, 3.63) is 60.2 Å². The van der Waals surface area contributed by atoms with E-state index in [2.05, 4.69) is 13.2 Å². The van der Waals surface area contributed by atoms with E-state index >= 15 is 0 Å². The summed E-state index contributed by atoms with van der Waals surface area (Å²) >= 11 is 6.02. The SMILES string of the molecule is C=CCN(CC=C)C(=O)Cc1ccccc1Cl. The van der Waals surface area contributed by atoms with Crippen LogP contribution in [0.2, 0.25) is 5.02 Å². The van der Waals surface area contributed by atoms with Gasteiger partial charge in [0.1, 0.15) is 0 Å². The van der Waals surface area contributed by atoms with Crippen LogP contribution in [0.25, 0.3) is 0 Å². The molecular formula is C14H16ClNO. The second-order valence-corrected chi connectivity index (χ2v) is 4.05. The molecule has 0 atom stereocenters. The standard InChI is InChI=1S/C14H16ClNO/c1-3-9-16(10-4-2)14(17)11-12-7-5-6-8-13(12)15/h3-8H,1-2,9-11H2. The molecule has 0 N–H and O–H groups in total. The lowest BCUT2D eigenvalue weighted by Crippen LogP contribution is -2.32. The summed E-state index contributed by atoms with van der Waals surface area (Å²) in [5.41, 5.74) is 0.845. The number of rotatable bonds is 6. The molecule has 0 radical (unpaired) electrons. The quantitative estimate of drug-likeness (QED) is 0.710. The van der Waals surface area contributed by atoms with Gasteiger partial charge in [0.2, 0.25) is 5.91 Å². The van der Waals surface area contributed by atoms with Gasteiger partial charge in [-0.1, -0.05) is 42.0 Å². The van der Waals surface area contributed by atoms with E-state index in [0.29, 0.717) is 24.5 Å². The largest absolute Gasteiger partial charge is 0.335 e. The fraction of sp³-hybridized carbons (Fsp3) is 0.214. The van der Waals surface area contributed by atoms with Gasteiger partial charge in [0.25, 0.3) is 0 Å². The third-order valence-corrected chi connectivity index (χ3v) is 2.72. The molecule has 1 aromatic carbocycles. The van der Waals surface area contributed by atoms with E-state index in [1.807, 2.05) is 18.2 Å². The molecule has 0 bridgehead atoms. The minimum absolute atomic E-state index is 0.0258. The van der Waals surface area contributed by atoms with Crippen LogP contribution in [-0.4, -0.2) is 23.9 Å². The van der Waals surface area contributed by atoms with Crippen LogP contribution >= 0.6 is 11.6 Å². The van der Waals surface area contributed by atoms with Crippen LogP contribution in [0.3, 0.4) is 0 Å². The number of amides is 1. The summed E-state index contributed by atoms with van der Waals surface area (Å²) in [4.78, 5) is 13.7. The third kappa shape index (κ3) is 4.08. The molecule has 0 saturated heterocycles. The summed E-state index contributed by atoms with van der Waals surface area (Å²) in [6.07, 6.45) is 3.71. The molecule has 0 heterocycles. The number of carbonyl (C=O) groups excluding carboxylic acids is 1. The molecule has 17 heavy (non-hydrogen) atoms. The number of benzene rings is 1. The van der Waals surface area contributed by atoms with Gasteiger partial charge in [-0.3, -0.25) is 4.79 Å². The van der Waals surface area contributed by atoms with Gasteiger partial charge < -0.3 is 4.90 Å². The van der Waals surface area contributed by atoms with Crippen LogP contribution in [0.1, 0.15) is 5.56 Å². The topological polar surface area (TPSA) is 20.3 Å². The first kappa shape index (κ1) is 13.5. The van der Waals surface area contributed by atoms with Gasteiger partial charge in [-0.25, -0.2) is 0 Å². The van der Waals surface area contributed by atoms with Crippen molar-refractivity contribution in [3.63, 3.8) is 0 Å². The van der Waals surface area contributed by atoms with Crippen LogP contribution in [0.4, 0.5) is 0 Å². The molecule has 1 aromatic rings. The molecule has 90 valence electrons. The molecule has 0 aliphatic rings. The van der Waals surface area contributed by atoms with Gasteiger partial charge in [-0.2, -0.15) is 0 Å². The summed E-state index contributed by atoms with van der Waals surface area (Å²) in [5.74, 6) is 0.0258. The predicted molar refractivity (Wildman–Crippen MR) is 72.1 cm³/mol. The lowest BCUT2D eigenvalue weighted by molar-refractivity contribution is -0.129. The lowest BCUT2D eigenvalue weighted by Gasteiger charge is -2.19. The van der Waals surface area contributed by atoms with Crippen molar-refractivity contribution in [1.29, 1.82) is 0 Å². The minimum Gasteiger partial charge on any atom is -0.335 e. The lowest BCUT2D eigenvalue weighted by atomic mass is 10.1. The van der Waals surface area contributed by atoms with E-state index in [-0.39, 0.29) is 5.91 Å². The van der Waals surface area contributed by atoms with Crippen LogP contribution < -0.4 is 0 Å². The van der Waals surface area contributed by atoms with E-state index < -0.39 is 0 Å². The summed E-state index contributed by atoms with van der Waals surface area (Å²) in [6.45, 7) is 8.32. The summed E-state index contributed by atoms with van der Waals surface area (Å²) < 4.78 is 0. The summed E-state index contributed by atoms with van der Waals surface area (Å²) in [7, 11) is 0. The summed E-state index contributed by atoms with van der Waals surface area (Å²) in [6, 6.07) is 7.37. The Kier molecular flexibility index (Phi) is 5.50. The van der Waals surface area contributed by atoms with Gasteiger partial charge in [0.15, 0.2) is 0 Å². The molecule has 0 aliphatic heterocycles. The Hall–Kier alpha value is -1.54. The second-order valence-electron chi connectivity index (χ2n) is 3.64. The molecule has 3 heteroatoms. The van der Waals surface area contributed by atoms with Crippen molar-refractivity contribution in [2.45, 2.75) is 6.42 Å². The molecule has 1 rings (SSSR count). The molecule has 0 spiro atoms. The maximum Gasteiger partial charge on any atom is 0.227 e. The molecule has 0 unspecified atom stereocenters. The van der Waals surface area contributed by atoms with E-state index in [4.69, 9.17) is 11.6 Å². The first-order valence-electron chi connectivity index (χ1n) is 5.42. The zero-order valence-corrected chi connectivity index (χ0v) is 10.5. The fourth-order valence-corrected chi connectivity index (χ4v) is 1.71. The number of carbonyl (C=O) groups is 1. The molecule has 2 nitrogen and oxygen atoms in total. The van der Waals surface area contributed by atoms with Crippen molar-refractivity contribution in [2.24, 2.45) is 0 Å². The molecular weight excluding hydrogens is 234 g/mol. The van der Waals surface area contributed by atoms with E-state index in [0.717, 1.165) is 5.56 Å². The van der Waals surface area contributed by atoms with Gasteiger partial charge in [0.05, 0.1) is 6.42 Å². The minimum atomic E-state index is 0.0258. The number of halogens is 1. The molecule has 1 amide bonds. The Balaban J connectivity index is 2.72. The van der Waals surface area contributed by atoms with Crippen LogP contribution in [-0.2, 0) is 11.2 Å². The first-order valence-corrected chi connectivity index (χ1v) is 5.79.